The van der Waals surface area contributed by atoms with Crippen molar-refractivity contribution in [1.82, 2.24) is 10.6 Å². The molecule has 0 spiro atoms. The lowest BCUT2D eigenvalue weighted by Crippen LogP contribution is -2.39. The maximum Gasteiger partial charge on any atom is 0.319 e. The van der Waals surface area contributed by atoms with E-state index in [4.69, 9.17) is 0 Å². The fourth-order valence-corrected chi connectivity index (χ4v) is 2.90. The van der Waals surface area contributed by atoms with Crippen LogP contribution in [0.25, 0.3) is 0 Å². The van der Waals surface area contributed by atoms with Crippen molar-refractivity contribution in [1.29, 1.82) is 0 Å². The van der Waals surface area contributed by atoms with E-state index in [0.717, 1.165) is 5.56 Å². The Hall–Kier alpha value is -2.89. The first-order chi connectivity index (χ1) is 12.6. The van der Waals surface area contributed by atoms with Crippen LogP contribution < -0.4 is 16.0 Å². The minimum atomic E-state index is -0.392. The second-order valence-corrected chi connectivity index (χ2v) is 7.51. The van der Waals surface area contributed by atoms with E-state index in [1.807, 2.05) is 20.8 Å². The molecule has 2 aromatic rings. The molecule has 3 N–H and O–H groups in total. The van der Waals surface area contributed by atoms with E-state index >= 15 is 0 Å². The second-order valence-electron chi connectivity index (χ2n) is 7.51. The van der Waals surface area contributed by atoms with Crippen LogP contribution in [0.15, 0.2) is 42.5 Å². The van der Waals surface area contributed by atoms with Crippen LogP contribution >= 0.6 is 0 Å². The van der Waals surface area contributed by atoms with Gasteiger partial charge in [0.05, 0.1) is 6.04 Å². The molecule has 0 aliphatic carbocycles. The second kappa shape index (κ2) is 8.20. The number of amides is 3. The minimum absolute atomic E-state index is 0.213. The summed E-state index contributed by atoms with van der Waals surface area (Å²) in [7, 11) is 1.56. The number of benzene rings is 2. The van der Waals surface area contributed by atoms with E-state index in [1.165, 1.54) is 12.1 Å². The van der Waals surface area contributed by atoms with Gasteiger partial charge in [-0.2, -0.15) is 0 Å². The van der Waals surface area contributed by atoms with Crippen LogP contribution in [0.1, 0.15) is 48.3 Å². The summed E-state index contributed by atoms with van der Waals surface area (Å²) in [6.45, 7) is 7.78. The highest BCUT2D eigenvalue weighted by Crippen LogP contribution is 2.33. The lowest BCUT2D eigenvalue weighted by Gasteiger charge is -2.32. The van der Waals surface area contributed by atoms with Crippen LogP contribution in [0.2, 0.25) is 0 Å². The molecule has 0 aliphatic heterocycles. The third kappa shape index (κ3) is 5.06. The van der Waals surface area contributed by atoms with E-state index in [0.29, 0.717) is 16.8 Å². The predicted octanol–water partition coefficient (Wildman–Crippen LogP) is 4.40. The van der Waals surface area contributed by atoms with Gasteiger partial charge in [0.2, 0.25) is 0 Å². The Balaban J connectivity index is 2.22. The molecule has 0 saturated carbocycles. The van der Waals surface area contributed by atoms with Gasteiger partial charge in [0.25, 0.3) is 5.91 Å². The van der Waals surface area contributed by atoms with Crippen LogP contribution in [0.3, 0.4) is 0 Å². The molecule has 0 aliphatic rings. The van der Waals surface area contributed by atoms with Crippen molar-refractivity contribution >= 4 is 17.6 Å². The summed E-state index contributed by atoms with van der Waals surface area (Å²) in [5.41, 5.74) is 2.27. The smallest absolute Gasteiger partial charge is 0.319 e. The molecule has 2 aromatic carbocycles. The summed E-state index contributed by atoms with van der Waals surface area (Å²) >= 11 is 0. The van der Waals surface area contributed by atoms with Gasteiger partial charge in [-0.25, -0.2) is 9.18 Å². The van der Waals surface area contributed by atoms with Crippen LogP contribution in [-0.4, -0.2) is 19.0 Å². The molecule has 27 heavy (non-hydrogen) atoms. The highest BCUT2D eigenvalue weighted by molar-refractivity contribution is 5.99. The molecule has 0 bridgehead atoms. The molecular formula is C21H26FN3O2. The summed E-state index contributed by atoms with van der Waals surface area (Å²) in [4.78, 5) is 24.5. The quantitative estimate of drug-likeness (QED) is 0.745. The van der Waals surface area contributed by atoms with Gasteiger partial charge >= 0.3 is 6.03 Å². The zero-order valence-corrected chi connectivity index (χ0v) is 16.3. The largest absolute Gasteiger partial charge is 0.355 e. The van der Waals surface area contributed by atoms with Crippen molar-refractivity contribution < 1.29 is 14.0 Å². The molecule has 1 atom stereocenters. The van der Waals surface area contributed by atoms with E-state index in [1.54, 1.807) is 44.3 Å². The van der Waals surface area contributed by atoms with Crippen molar-refractivity contribution in [2.45, 2.75) is 33.7 Å². The molecule has 0 saturated heterocycles. The molecular weight excluding hydrogens is 345 g/mol. The Morgan fingerprint density at radius 2 is 1.67 bits per heavy atom. The number of carbonyl (C=O) groups is 2. The van der Waals surface area contributed by atoms with Crippen LogP contribution in [0.5, 0.6) is 0 Å². The lowest BCUT2D eigenvalue weighted by atomic mass is 9.82. The van der Waals surface area contributed by atoms with Crippen LogP contribution in [-0.2, 0) is 0 Å². The van der Waals surface area contributed by atoms with Crippen molar-refractivity contribution in [3.8, 4) is 0 Å². The number of urea groups is 1. The lowest BCUT2D eigenvalue weighted by molar-refractivity contribution is 0.0962. The normalized spacial score (nSPS) is 12.2. The Morgan fingerprint density at radius 3 is 2.22 bits per heavy atom. The van der Waals surface area contributed by atoms with Gasteiger partial charge in [0, 0.05) is 18.3 Å². The zero-order valence-electron chi connectivity index (χ0n) is 16.3. The van der Waals surface area contributed by atoms with Gasteiger partial charge in [0.15, 0.2) is 0 Å². The fraction of sp³-hybridized carbons (Fsp3) is 0.333. The Kier molecular flexibility index (Phi) is 6.20. The summed E-state index contributed by atoms with van der Waals surface area (Å²) < 4.78 is 13.2. The average Bonchev–Trinajstić information content (AvgIpc) is 2.61. The summed E-state index contributed by atoms with van der Waals surface area (Å²) in [5.74, 6) is -0.534. The van der Waals surface area contributed by atoms with Gasteiger partial charge in [-0.05, 0) is 47.7 Å². The van der Waals surface area contributed by atoms with Crippen molar-refractivity contribution in [3.05, 3.63) is 65.0 Å². The number of carbonyl (C=O) groups excluding carboxylic acids is 2. The molecule has 0 fully saturated rings. The number of halogens is 1. The maximum atomic E-state index is 13.2. The van der Waals surface area contributed by atoms with Gasteiger partial charge < -0.3 is 16.0 Å². The SMILES string of the molecule is CNC(=O)c1cccc(NC(=O)NC(c2ccc(F)cc2)C(C)(C)C)c1C. The van der Waals surface area contributed by atoms with E-state index in [9.17, 15) is 14.0 Å². The van der Waals surface area contributed by atoms with Gasteiger partial charge in [-0.1, -0.05) is 39.0 Å². The standard InChI is InChI=1S/C21H26FN3O2/c1-13-16(19(26)23-5)7-6-8-17(13)24-20(27)25-18(21(2,3)4)14-9-11-15(22)12-10-14/h6-12,18H,1-5H3,(H,23,26)(H2,24,25,27). The topological polar surface area (TPSA) is 70.2 Å². The Labute approximate surface area is 159 Å². The minimum Gasteiger partial charge on any atom is -0.355 e. The van der Waals surface area contributed by atoms with E-state index < -0.39 is 6.03 Å². The highest BCUT2D eigenvalue weighted by atomic mass is 19.1. The summed E-state index contributed by atoms with van der Waals surface area (Å²) in [5, 5.41) is 8.35. The number of hydrogen-bond donors (Lipinski definition) is 3. The third-order valence-corrected chi connectivity index (χ3v) is 4.40. The number of hydrogen-bond acceptors (Lipinski definition) is 2. The molecule has 0 aromatic heterocycles. The molecule has 0 radical (unpaired) electrons. The monoisotopic (exact) mass is 371 g/mol. The first kappa shape index (κ1) is 20.4. The number of nitrogens with one attached hydrogen (secondary N) is 3. The predicted molar refractivity (Wildman–Crippen MR) is 105 cm³/mol. The molecule has 5 nitrogen and oxygen atoms in total. The van der Waals surface area contributed by atoms with Gasteiger partial charge in [-0.15, -0.1) is 0 Å². The fourth-order valence-electron chi connectivity index (χ4n) is 2.90. The molecule has 1 unspecified atom stereocenters. The molecule has 144 valence electrons. The molecule has 0 heterocycles. The van der Waals surface area contributed by atoms with Gasteiger partial charge in [-0.3, -0.25) is 4.79 Å². The molecule has 2 rings (SSSR count). The van der Waals surface area contributed by atoms with E-state index in [-0.39, 0.29) is 23.2 Å². The third-order valence-electron chi connectivity index (χ3n) is 4.40. The van der Waals surface area contributed by atoms with E-state index in [2.05, 4.69) is 16.0 Å². The molecule has 3 amide bonds. The van der Waals surface area contributed by atoms with Crippen molar-refractivity contribution in [2.75, 3.05) is 12.4 Å². The highest BCUT2D eigenvalue weighted by Gasteiger charge is 2.28. The average molecular weight is 371 g/mol. The van der Waals surface area contributed by atoms with Gasteiger partial charge in [0.1, 0.15) is 5.82 Å². The summed E-state index contributed by atoms with van der Waals surface area (Å²) in [6.07, 6.45) is 0. The maximum absolute atomic E-state index is 13.2. The first-order valence-electron chi connectivity index (χ1n) is 8.78. The van der Waals surface area contributed by atoms with Crippen molar-refractivity contribution in [3.63, 3.8) is 0 Å². The number of rotatable bonds is 4. The first-order valence-corrected chi connectivity index (χ1v) is 8.78. The number of anilines is 1. The van der Waals surface area contributed by atoms with Crippen LogP contribution in [0, 0.1) is 18.2 Å². The Morgan fingerprint density at radius 1 is 1.04 bits per heavy atom. The van der Waals surface area contributed by atoms with Crippen molar-refractivity contribution in [2.24, 2.45) is 5.41 Å². The summed E-state index contributed by atoms with van der Waals surface area (Å²) in [6, 6.07) is 10.5. The molecule has 6 heteroatoms. The zero-order chi connectivity index (χ0) is 20.2. The van der Waals surface area contributed by atoms with Crippen LogP contribution in [0.4, 0.5) is 14.9 Å². The Bertz CT molecular complexity index is 826.